The van der Waals surface area contributed by atoms with Gasteiger partial charge in [0.25, 0.3) is 5.91 Å². The second-order valence-corrected chi connectivity index (χ2v) is 6.47. The van der Waals surface area contributed by atoms with Crippen molar-refractivity contribution in [3.8, 4) is 0 Å². The number of H-pyrrole nitrogens is 1. The van der Waals surface area contributed by atoms with Crippen LogP contribution >= 0.6 is 0 Å². The van der Waals surface area contributed by atoms with E-state index in [1.807, 2.05) is 55.5 Å². The Labute approximate surface area is 161 Å². The van der Waals surface area contributed by atoms with Gasteiger partial charge in [-0.15, -0.1) is 0 Å². The second-order valence-electron chi connectivity index (χ2n) is 6.47. The molecule has 4 rings (SSSR count). The van der Waals surface area contributed by atoms with E-state index in [1.165, 1.54) is 6.07 Å². The minimum Gasteiger partial charge on any atom is -0.355 e. The number of hydrogen-bond donors (Lipinski definition) is 3. The molecule has 0 aliphatic rings. The van der Waals surface area contributed by atoms with E-state index >= 15 is 0 Å². The monoisotopic (exact) mass is 370 g/mol. The molecule has 0 spiro atoms. The number of anilines is 3. The molecule has 4 aromatic rings. The third-order valence-corrected chi connectivity index (χ3v) is 4.34. The topological polar surface area (TPSA) is 86.9 Å². The van der Waals surface area contributed by atoms with E-state index in [0.717, 1.165) is 22.3 Å². The van der Waals surface area contributed by atoms with Gasteiger partial charge in [0.05, 0.1) is 5.69 Å². The highest BCUT2D eigenvalue weighted by molar-refractivity contribution is 6.04. The zero-order valence-corrected chi connectivity index (χ0v) is 15.2. The Hall–Kier alpha value is -3.93. The van der Waals surface area contributed by atoms with Gasteiger partial charge in [0.2, 0.25) is 5.56 Å². The van der Waals surface area contributed by atoms with Crippen molar-refractivity contribution >= 4 is 34.0 Å². The van der Waals surface area contributed by atoms with Crippen molar-refractivity contribution in [1.29, 1.82) is 0 Å². The fourth-order valence-corrected chi connectivity index (χ4v) is 2.95. The Bertz CT molecular complexity index is 1210. The number of hydrogen-bond acceptors (Lipinski definition) is 4. The molecule has 0 aliphatic heterocycles. The molecule has 0 atom stereocenters. The van der Waals surface area contributed by atoms with Gasteiger partial charge in [0.15, 0.2) is 0 Å². The number of benzene rings is 2. The number of aromatic amines is 1. The highest BCUT2D eigenvalue weighted by Crippen LogP contribution is 2.24. The molecule has 6 nitrogen and oxygen atoms in total. The standard InChI is InChI=1S/C22H18N4O2/c1-14-3-2-4-15(13-14)22(28)25-17-7-5-16(6-8-17)24-19-11-12-23-21-18(19)9-10-20(27)26-21/h2-13H,1H3,(H,25,28)(H2,23,24,26,27). The molecule has 2 aromatic heterocycles. The number of carbonyl (C=O) groups is 1. The summed E-state index contributed by atoms with van der Waals surface area (Å²) in [7, 11) is 0. The minimum absolute atomic E-state index is 0.145. The van der Waals surface area contributed by atoms with Gasteiger partial charge in [-0.2, -0.15) is 0 Å². The first-order valence-corrected chi connectivity index (χ1v) is 8.82. The van der Waals surface area contributed by atoms with Crippen LogP contribution in [-0.2, 0) is 0 Å². The highest BCUT2D eigenvalue weighted by atomic mass is 16.1. The van der Waals surface area contributed by atoms with Gasteiger partial charge in [-0.1, -0.05) is 17.7 Å². The predicted molar refractivity (Wildman–Crippen MR) is 111 cm³/mol. The molecule has 3 N–H and O–H groups in total. The van der Waals surface area contributed by atoms with Crippen molar-refractivity contribution < 1.29 is 4.79 Å². The molecule has 1 amide bonds. The van der Waals surface area contributed by atoms with Crippen molar-refractivity contribution in [3.63, 3.8) is 0 Å². The number of nitrogens with one attached hydrogen (secondary N) is 3. The first-order chi connectivity index (χ1) is 13.6. The van der Waals surface area contributed by atoms with Crippen LogP contribution in [0.1, 0.15) is 15.9 Å². The summed E-state index contributed by atoms with van der Waals surface area (Å²) < 4.78 is 0. The summed E-state index contributed by atoms with van der Waals surface area (Å²) in [6.45, 7) is 1.95. The predicted octanol–water partition coefficient (Wildman–Crippen LogP) is 4.23. The smallest absolute Gasteiger partial charge is 0.255 e. The third-order valence-electron chi connectivity index (χ3n) is 4.34. The Morgan fingerprint density at radius 2 is 1.75 bits per heavy atom. The molecule has 0 aliphatic carbocycles. The maximum absolute atomic E-state index is 12.4. The molecular formula is C22H18N4O2. The van der Waals surface area contributed by atoms with Crippen molar-refractivity contribution in [3.05, 3.63) is 94.4 Å². The lowest BCUT2D eigenvalue weighted by atomic mass is 10.1. The summed E-state index contributed by atoms with van der Waals surface area (Å²) in [5, 5.41) is 7.03. The fourth-order valence-electron chi connectivity index (χ4n) is 2.95. The van der Waals surface area contributed by atoms with Crippen LogP contribution in [-0.4, -0.2) is 15.9 Å². The second kappa shape index (κ2) is 7.36. The van der Waals surface area contributed by atoms with Crippen LogP contribution in [0.4, 0.5) is 17.1 Å². The van der Waals surface area contributed by atoms with Gasteiger partial charge in [0, 0.05) is 34.6 Å². The Balaban J connectivity index is 1.51. The third kappa shape index (κ3) is 3.76. The maximum atomic E-state index is 12.4. The summed E-state index contributed by atoms with van der Waals surface area (Å²) in [5.74, 6) is -0.145. The quantitative estimate of drug-likeness (QED) is 0.502. The molecule has 0 unspecified atom stereocenters. The lowest BCUT2D eigenvalue weighted by molar-refractivity contribution is 0.102. The van der Waals surface area contributed by atoms with Gasteiger partial charge in [-0.05, 0) is 55.5 Å². The van der Waals surface area contributed by atoms with Crippen molar-refractivity contribution in [2.24, 2.45) is 0 Å². The first kappa shape index (κ1) is 17.5. The summed E-state index contributed by atoms with van der Waals surface area (Å²) in [5.41, 5.74) is 4.40. The van der Waals surface area contributed by atoms with E-state index in [2.05, 4.69) is 20.6 Å². The largest absolute Gasteiger partial charge is 0.355 e. The van der Waals surface area contributed by atoms with Crippen molar-refractivity contribution in [2.45, 2.75) is 6.92 Å². The average molecular weight is 370 g/mol. The minimum atomic E-state index is -0.189. The molecular weight excluding hydrogens is 352 g/mol. The summed E-state index contributed by atoms with van der Waals surface area (Å²) in [6.07, 6.45) is 1.64. The number of fused-ring (bicyclic) bond motifs is 1. The van der Waals surface area contributed by atoms with E-state index in [9.17, 15) is 9.59 Å². The fraction of sp³-hybridized carbons (Fsp3) is 0.0455. The number of rotatable bonds is 4. The Morgan fingerprint density at radius 3 is 2.54 bits per heavy atom. The van der Waals surface area contributed by atoms with Crippen LogP contribution < -0.4 is 16.2 Å². The number of amides is 1. The molecule has 0 saturated heterocycles. The molecule has 2 aromatic carbocycles. The van der Waals surface area contributed by atoms with Crippen LogP contribution in [0.3, 0.4) is 0 Å². The summed E-state index contributed by atoms with van der Waals surface area (Å²) in [4.78, 5) is 30.7. The van der Waals surface area contributed by atoms with Crippen LogP contribution in [0.15, 0.2) is 77.7 Å². The van der Waals surface area contributed by atoms with Crippen LogP contribution in [0.5, 0.6) is 0 Å². The zero-order valence-electron chi connectivity index (χ0n) is 15.2. The summed E-state index contributed by atoms with van der Waals surface area (Å²) >= 11 is 0. The molecule has 28 heavy (non-hydrogen) atoms. The van der Waals surface area contributed by atoms with Crippen LogP contribution in [0.2, 0.25) is 0 Å². The number of nitrogens with zero attached hydrogens (tertiary/aromatic N) is 1. The van der Waals surface area contributed by atoms with E-state index < -0.39 is 0 Å². The van der Waals surface area contributed by atoms with Gasteiger partial charge in [-0.25, -0.2) is 4.98 Å². The molecule has 6 heteroatoms. The maximum Gasteiger partial charge on any atom is 0.255 e. The molecule has 0 saturated carbocycles. The molecule has 0 fully saturated rings. The molecule has 2 heterocycles. The summed E-state index contributed by atoms with van der Waals surface area (Å²) in [6, 6.07) is 19.9. The molecule has 138 valence electrons. The van der Waals surface area contributed by atoms with E-state index in [4.69, 9.17) is 0 Å². The Kier molecular flexibility index (Phi) is 4.60. The zero-order chi connectivity index (χ0) is 19.5. The van der Waals surface area contributed by atoms with Crippen LogP contribution in [0.25, 0.3) is 11.0 Å². The molecule has 0 bridgehead atoms. The number of carbonyl (C=O) groups excluding carboxylic acids is 1. The number of aryl methyl sites for hydroxylation is 1. The van der Waals surface area contributed by atoms with Gasteiger partial charge < -0.3 is 15.6 Å². The lowest BCUT2D eigenvalue weighted by Crippen LogP contribution is -2.11. The molecule has 0 radical (unpaired) electrons. The average Bonchev–Trinajstić information content (AvgIpc) is 2.69. The van der Waals surface area contributed by atoms with Crippen molar-refractivity contribution in [1.82, 2.24) is 9.97 Å². The highest BCUT2D eigenvalue weighted by Gasteiger charge is 2.07. The SMILES string of the molecule is Cc1cccc(C(=O)Nc2ccc(Nc3ccnc4[nH]c(=O)ccc34)cc2)c1. The van der Waals surface area contributed by atoms with Crippen LogP contribution in [0, 0.1) is 6.92 Å². The number of aromatic nitrogens is 2. The first-order valence-electron chi connectivity index (χ1n) is 8.82. The van der Waals surface area contributed by atoms with Gasteiger partial charge in [-0.3, -0.25) is 9.59 Å². The lowest BCUT2D eigenvalue weighted by Gasteiger charge is -2.10. The van der Waals surface area contributed by atoms with E-state index in [0.29, 0.717) is 16.9 Å². The van der Waals surface area contributed by atoms with Gasteiger partial charge in [0.1, 0.15) is 5.65 Å². The van der Waals surface area contributed by atoms with Crippen molar-refractivity contribution in [2.75, 3.05) is 10.6 Å². The normalized spacial score (nSPS) is 10.6. The Morgan fingerprint density at radius 1 is 0.964 bits per heavy atom. The van der Waals surface area contributed by atoms with E-state index in [1.54, 1.807) is 18.3 Å². The van der Waals surface area contributed by atoms with Gasteiger partial charge >= 0.3 is 0 Å². The number of pyridine rings is 2. The van der Waals surface area contributed by atoms with E-state index in [-0.39, 0.29) is 11.5 Å².